The standard InChI is InChI=1S/C17H17N5O/c18-12-22-10-9-21(11-16(22)19)17(23)15-3-1-13(2-4-15)14-5-7-20-8-6-14/h1-8,12,18-19H,9-11H2. The molecule has 1 aliphatic rings. The van der Waals surface area contributed by atoms with Gasteiger partial charge in [0.05, 0.1) is 12.9 Å². The zero-order valence-electron chi connectivity index (χ0n) is 12.6. The summed E-state index contributed by atoms with van der Waals surface area (Å²) in [6.45, 7) is 1.24. The molecular weight excluding hydrogens is 290 g/mol. The Morgan fingerprint density at radius 3 is 2.30 bits per heavy atom. The Morgan fingerprint density at radius 1 is 1.04 bits per heavy atom. The van der Waals surface area contributed by atoms with Crippen LogP contribution >= 0.6 is 0 Å². The van der Waals surface area contributed by atoms with Gasteiger partial charge in [-0.2, -0.15) is 0 Å². The molecule has 0 radical (unpaired) electrons. The van der Waals surface area contributed by atoms with Gasteiger partial charge in [-0.25, -0.2) is 0 Å². The van der Waals surface area contributed by atoms with Crippen molar-refractivity contribution in [3.05, 3.63) is 54.4 Å². The fraction of sp³-hybridized carbons (Fsp3) is 0.176. The lowest BCUT2D eigenvalue weighted by molar-refractivity contribution is 0.0758. The first-order valence-corrected chi connectivity index (χ1v) is 7.33. The van der Waals surface area contributed by atoms with E-state index in [1.54, 1.807) is 17.3 Å². The van der Waals surface area contributed by atoms with Crippen molar-refractivity contribution in [3.8, 4) is 11.1 Å². The lowest BCUT2D eigenvalue weighted by Gasteiger charge is -2.33. The monoisotopic (exact) mass is 307 g/mol. The van der Waals surface area contributed by atoms with Gasteiger partial charge in [-0.15, -0.1) is 0 Å². The number of benzene rings is 1. The lowest BCUT2D eigenvalue weighted by Crippen LogP contribution is -2.51. The number of carbonyl (C=O) groups is 1. The maximum absolute atomic E-state index is 12.5. The normalized spacial score (nSPS) is 14.7. The lowest BCUT2D eigenvalue weighted by atomic mass is 10.0. The molecule has 2 N–H and O–H groups in total. The van der Waals surface area contributed by atoms with Crippen LogP contribution in [0.15, 0.2) is 48.8 Å². The molecule has 3 rings (SSSR count). The highest BCUT2D eigenvalue weighted by Crippen LogP contribution is 2.19. The molecule has 6 heteroatoms. The van der Waals surface area contributed by atoms with Crippen LogP contribution in [0.4, 0.5) is 0 Å². The second-order valence-electron chi connectivity index (χ2n) is 5.31. The molecule has 0 spiro atoms. The summed E-state index contributed by atoms with van der Waals surface area (Å²) in [6, 6.07) is 11.3. The van der Waals surface area contributed by atoms with Crippen LogP contribution in [0, 0.1) is 10.8 Å². The quantitative estimate of drug-likeness (QED) is 0.672. The van der Waals surface area contributed by atoms with Gasteiger partial charge in [0.15, 0.2) is 0 Å². The van der Waals surface area contributed by atoms with Gasteiger partial charge in [-0.1, -0.05) is 12.1 Å². The number of amidine groups is 1. The third-order valence-electron chi connectivity index (χ3n) is 3.89. The Kier molecular flexibility index (Phi) is 4.14. The third kappa shape index (κ3) is 3.11. The highest BCUT2D eigenvalue weighted by Gasteiger charge is 2.24. The van der Waals surface area contributed by atoms with Crippen LogP contribution in [-0.2, 0) is 0 Å². The van der Waals surface area contributed by atoms with E-state index in [4.69, 9.17) is 10.8 Å². The number of nitrogens with one attached hydrogen (secondary N) is 2. The Balaban J connectivity index is 1.74. The van der Waals surface area contributed by atoms with Crippen molar-refractivity contribution in [2.45, 2.75) is 0 Å². The number of piperazine rings is 1. The summed E-state index contributed by atoms with van der Waals surface area (Å²) >= 11 is 0. The van der Waals surface area contributed by atoms with Gasteiger partial charge >= 0.3 is 0 Å². The van der Waals surface area contributed by atoms with E-state index in [9.17, 15) is 4.79 Å². The summed E-state index contributed by atoms with van der Waals surface area (Å²) in [6.07, 6.45) is 4.61. The molecule has 2 heterocycles. The summed E-state index contributed by atoms with van der Waals surface area (Å²) in [5.74, 6) is 0.189. The number of carbonyl (C=O) groups excluding carboxylic acids is 1. The molecule has 0 aliphatic carbocycles. The van der Waals surface area contributed by atoms with Crippen molar-refractivity contribution in [2.24, 2.45) is 0 Å². The largest absolute Gasteiger partial charge is 0.329 e. The van der Waals surface area contributed by atoms with Crippen molar-refractivity contribution in [1.82, 2.24) is 14.8 Å². The molecule has 1 aliphatic heterocycles. The SMILES string of the molecule is N=CN1CCN(C(=O)c2ccc(-c3ccncc3)cc2)CC1=N. The summed E-state index contributed by atoms with van der Waals surface area (Å²) in [7, 11) is 0. The summed E-state index contributed by atoms with van der Waals surface area (Å²) < 4.78 is 0. The molecule has 116 valence electrons. The summed E-state index contributed by atoms with van der Waals surface area (Å²) in [5, 5.41) is 15.1. The Hall–Kier alpha value is -3.02. The number of pyridine rings is 1. The minimum absolute atomic E-state index is 0.0827. The first kappa shape index (κ1) is 14.9. The number of aromatic nitrogens is 1. The minimum atomic E-state index is -0.0827. The molecule has 1 aromatic carbocycles. The molecular formula is C17H17N5O. The van der Waals surface area contributed by atoms with Gasteiger partial charge in [-0.05, 0) is 35.4 Å². The second kappa shape index (κ2) is 6.39. The average molecular weight is 307 g/mol. The molecule has 0 bridgehead atoms. The van der Waals surface area contributed by atoms with Gasteiger partial charge in [0, 0.05) is 31.0 Å². The van der Waals surface area contributed by atoms with Gasteiger partial charge < -0.3 is 9.80 Å². The molecule has 1 amide bonds. The second-order valence-corrected chi connectivity index (χ2v) is 5.31. The summed E-state index contributed by atoms with van der Waals surface area (Å²) in [5.41, 5.74) is 2.70. The topological polar surface area (TPSA) is 84.1 Å². The van der Waals surface area contributed by atoms with E-state index >= 15 is 0 Å². The van der Waals surface area contributed by atoms with Crippen LogP contribution < -0.4 is 0 Å². The van der Waals surface area contributed by atoms with Crippen LogP contribution in [0.25, 0.3) is 11.1 Å². The van der Waals surface area contributed by atoms with E-state index in [-0.39, 0.29) is 18.3 Å². The van der Waals surface area contributed by atoms with E-state index in [1.165, 1.54) is 4.90 Å². The third-order valence-corrected chi connectivity index (χ3v) is 3.89. The molecule has 0 atom stereocenters. The predicted molar refractivity (Wildman–Crippen MR) is 88.8 cm³/mol. The number of nitrogens with zero attached hydrogens (tertiary/aromatic N) is 3. The minimum Gasteiger partial charge on any atom is -0.329 e. The van der Waals surface area contributed by atoms with Gasteiger partial charge in [0.25, 0.3) is 5.91 Å². The van der Waals surface area contributed by atoms with Gasteiger partial charge in [0.1, 0.15) is 5.84 Å². The number of hydrogen-bond donors (Lipinski definition) is 2. The van der Waals surface area contributed by atoms with E-state index in [2.05, 4.69) is 4.98 Å². The number of rotatable bonds is 3. The van der Waals surface area contributed by atoms with Gasteiger partial charge in [-0.3, -0.25) is 20.6 Å². The Bertz CT molecular complexity index is 726. The predicted octanol–water partition coefficient (Wildman–Crippen LogP) is 2.09. The van der Waals surface area contributed by atoms with E-state index in [0.29, 0.717) is 18.7 Å². The molecule has 0 saturated carbocycles. The maximum Gasteiger partial charge on any atom is 0.254 e. The fourth-order valence-electron chi connectivity index (χ4n) is 2.56. The molecule has 23 heavy (non-hydrogen) atoms. The molecule has 2 aromatic rings. The average Bonchev–Trinajstić information content (AvgIpc) is 2.62. The highest BCUT2D eigenvalue weighted by molar-refractivity contribution is 5.99. The van der Waals surface area contributed by atoms with E-state index in [0.717, 1.165) is 17.5 Å². The van der Waals surface area contributed by atoms with E-state index < -0.39 is 0 Å². The highest BCUT2D eigenvalue weighted by atomic mass is 16.2. The molecule has 6 nitrogen and oxygen atoms in total. The van der Waals surface area contributed by atoms with Crippen LogP contribution in [0.1, 0.15) is 10.4 Å². The van der Waals surface area contributed by atoms with Crippen molar-refractivity contribution < 1.29 is 4.79 Å². The number of hydrogen-bond acceptors (Lipinski definition) is 4. The van der Waals surface area contributed by atoms with E-state index in [1.807, 2.05) is 36.4 Å². The van der Waals surface area contributed by atoms with Crippen LogP contribution in [-0.4, -0.2) is 52.5 Å². The van der Waals surface area contributed by atoms with Crippen molar-refractivity contribution in [3.63, 3.8) is 0 Å². The smallest absolute Gasteiger partial charge is 0.254 e. The van der Waals surface area contributed by atoms with Crippen LogP contribution in [0.3, 0.4) is 0 Å². The molecule has 1 saturated heterocycles. The van der Waals surface area contributed by atoms with Crippen molar-refractivity contribution in [1.29, 1.82) is 10.8 Å². The van der Waals surface area contributed by atoms with Crippen LogP contribution in [0.2, 0.25) is 0 Å². The Labute approximate surface area is 134 Å². The zero-order valence-corrected chi connectivity index (χ0v) is 12.6. The maximum atomic E-state index is 12.5. The molecule has 1 aromatic heterocycles. The summed E-state index contributed by atoms with van der Waals surface area (Å²) in [4.78, 5) is 19.7. The molecule has 0 unspecified atom stereocenters. The fourth-order valence-corrected chi connectivity index (χ4v) is 2.56. The van der Waals surface area contributed by atoms with Crippen molar-refractivity contribution >= 4 is 18.1 Å². The van der Waals surface area contributed by atoms with Crippen molar-refractivity contribution in [2.75, 3.05) is 19.6 Å². The number of amides is 1. The Morgan fingerprint density at radius 2 is 1.70 bits per heavy atom. The van der Waals surface area contributed by atoms with Gasteiger partial charge in [0.2, 0.25) is 0 Å². The van der Waals surface area contributed by atoms with Crippen LogP contribution in [0.5, 0.6) is 0 Å². The molecule has 1 fully saturated rings. The zero-order chi connectivity index (χ0) is 16.2. The first-order valence-electron chi connectivity index (χ1n) is 7.33. The first-order chi connectivity index (χ1) is 11.2.